The van der Waals surface area contributed by atoms with E-state index in [4.69, 9.17) is 4.42 Å². The fourth-order valence-electron chi connectivity index (χ4n) is 3.23. The van der Waals surface area contributed by atoms with Crippen LogP contribution >= 0.6 is 0 Å². The minimum absolute atomic E-state index is 0.136. The van der Waals surface area contributed by atoms with Gasteiger partial charge in [0.25, 0.3) is 5.91 Å². The van der Waals surface area contributed by atoms with Gasteiger partial charge in [0, 0.05) is 5.39 Å². The molecular weight excluding hydrogens is 368 g/mol. The van der Waals surface area contributed by atoms with Crippen molar-refractivity contribution in [1.82, 2.24) is 15.2 Å². The molecule has 0 radical (unpaired) electrons. The Morgan fingerprint density at radius 2 is 1.62 bits per heavy atom. The summed E-state index contributed by atoms with van der Waals surface area (Å²) in [6.45, 7) is 0. The van der Waals surface area contributed by atoms with Crippen LogP contribution in [0.3, 0.4) is 0 Å². The lowest BCUT2D eigenvalue weighted by atomic mass is 10.1. The highest BCUT2D eigenvalue weighted by Crippen LogP contribution is 2.27. The average Bonchev–Trinajstić information content (AvgIpc) is 3.18. The van der Waals surface area contributed by atoms with Crippen LogP contribution in [0.4, 0.5) is 5.69 Å². The van der Waals surface area contributed by atoms with E-state index in [1.165, 1.54) is 0 Å². The van der Waals surface area contributed by atoms with E-state index < -0.39 is 5.63 Å². The van der Waals surface area contributed by atoms with Crippen molar-refractivity contribution in [2.24, 2.45) is 0 Å². The van der Waals surface area contributed by atoms with E-state index in [9.17, 15) is 9.59 Å². The normalized spacial score (nSPS) is 11.0. The first kappa shape index (κ1) is 16.9. The highest BCUT2D eigenvalue weighted by Gasteiger charge is 2.17. The first-order valence-electron chi connectivity index (χ1n) is 8.94. The molecule has 7 heteroatoms. The minimum Gasteiger partial charge on any atom is -0.403 e. The molecule has 0 aliphatic heterocycles. The molecule has 0 spiro atoms. The average molecular weight is 382 g/mol. The quantitative estimate of drug-likeness (QED) is 0.491. The summed E-state index contributed by atoms with van der Waals surface area (Å²) >= 11 is 0. The molecule has 0 unspecified atom stereocenters. The highest BCUT2D eigenvalue weighted by atomic mass is 16.4. The molecule has 29 heavy (non-hydrogen) atoms. The maximum absolute atomic E-state index is 12.8. The zero-order valence-electron chi connectivity index (χ0n) is 15.0. The number of anilines is 1. The van der Waals surface area contributed by atoms with E-state index in [2.05, 4.69) is 20.5 Å². The van der Waals surface area contributed by atoms with Crippen LogP contribution in [-0.2, 0) is 0 Å². The molecule has 2 aromatic heterocycles. The number of carbonyl (C=O) groups is 1. The Hall–Kier alpha value is -4.26. The zero-order valence-corrected chi connectivity index (χ0v) is 15.0. The van der Waals surface area contributed by atoms with Crippen LogP contribution in [0.1, 0.15) is 10.5 Å². The second-order valence-corrected chi connectivity index (χ2v) is 6.44. The third-order valence-electron chi connectivity index (χ3n) is 4.63. The smallest absolute Gasteiger partial charge is 0.347 e. The van der Waals surface area contributed by atoms with E-state index in [1.54, 1.807) is 48.5 Å². The number of hydrogen-bond acceptors (Lipinski definition) is 5. The van der Waals surface area contributed by atoms with Gasteiger partial charge in [0.15, 0.2) is 5.69 Å². The summed E-state index contributed by atoms with van der Waals surface area (Å²) in [7, 11) is 0. The molecule has 140 valence electrons. The van der Waals surface area contributed by atoms with Gasteiger partial charge in [0.05, 0.1) is 27.7 Å². The van der Waals surface area contributed by atoms with Crippen molar-refractivity contribution in [2.45, 2.75) is 0 Å². The van der Waals surface area contributed by atoms with Crippen molar-refractivity contribution < 1.29 is 9.21 Å². The summed E-state index contributed by atoms with van der Waals surface area (Å²) in [5.74, 6) is -0.241. The first-order valence-corrected chi connectivity index (χ1v) is 8.94. The fourth-order valence-corrected chi connectivity index (χ4v) is 3.23. The van der Waals surface area contributed by atoms with Crippen molar-refractivity contribution in [3.8, 4) is 11.5 Å². The Labute approximate surface area is 164 Å². The molecule has 5 aromatic rings. The Kier molecular flexibility index (Phi) is 3.91. The van der Waals surface area contributed by atoms with Gasteiger partial charge in [-0.15, -0.1) is 0 Å². The number of aromatic amines is 1. The van der Waals surface area contributed by atoms with E-state index in [-0.39, 0.29) is 17.5 Å². The highest BCUT2D eigenvalue weighted by molar-refractivity contribution is 6.12. The number of H-pyrrole nitrogens is 1. The minimum atomic E-state index is -0.481. The number of hydrogen-bond donors (Lipinski definition) is 2. The number of aromatic nitrogens is 3. The molecule has 5 rings (SSSR count). The number of nitrogens with one attached hydrogen (secondary N) is 2. The van der Waals surface area contributed by atoms with Crippen LogP contribution in [0, 0.1) is 0 Å². The third kappa shape index (κ3) is 2.94. The largest absolute Gasteiger partial charge is 0.403 e. The van der Waals surface area contributed by atoms with E-state index >= 15 is 0 Å². The van der Waals surface area contributed by atoms with Crippen molar-refractivity contribution in [3.05, 3.63) is 88.9 Å². The molecule has 0 aliphatic rings. The van der Waals surface area contributed by atoms with E-state index in [0.29, 0.717) is 22.2 Å². The molecule has 2 heterocycles. The topological polar surface area (TPSA) is 101 Å². The molecule has 7 nitrogen and oxygen atoms in total. The van der Waals surface area contributed by atoms with Crippen LogP contribution < -0.4 is 10.9 Å². The Morgan fingerprint density at radius 1 is 0.897 bits per heavy atom. The molecule has 0 saturated carbocycles. The van der Waals surface area contributed by atoms with Crippen LogP contribution in [0.2, 0.25) is 0 Å². The molecule has 2 N–H and O–H groups in total. The molecular formula is C22H14N4O3. The summed E-state index contributed by atoms with van der Waals surface area (Å²) in [4.78, 5) is 29.6. The molecule has 0 fully saturated rings. The van der Waals surface area contributed by atoms with Gasteiger partial charge in [0.1, 0.15) is 0 Å². The number of fused-ring (bicyclic) bond motifs is 2. The Bertz CT molecular complexity index is 1440. The maximum atomic E-state index is 12.8. The molecule has 0 atom stereocenters. The van der Waals surface area contributed by atoms with Gasteiger partial charge in [-0.3, -0.25) is 9.89 Å². The van der Waals surface area contributed by atoms with Crippen LogP contribution in [0.15, 0.2) is 82.0 Å². The lowest BCUT2D eigenvalue weighted by Crippen LogP contribution is -2.14. The number of benzene rings is 3. The van der Waals surface area contributed by atoms with Crippen molar-refractivity contribution in [3.63, 3.8) is 0 Å². The second kappa shape index (κ2) is 6.72. The molecule has 0 saturated heterocycles. The Balaban J connectivity index is 1.57. The fraction of sp³-hybridized carbons (Fsp3) is 0. The molecule has 0 bridgehead atoms. The Morgan fingerprint density at radius 3 is 2.52 bits per heavy atom. The van der Waals surface area contributed by atoms with Gasteiger partial charge in [-0.05, 0) is 30.3 Å². The maximum Gasteiger partial charge on any atom is 0.347 e. The SMILES string of the molecule is O=C(Nc1ccccc1-c1nc2ccccc2c(=O)o1)c1n[nH]c2ccccc12. The van der Waals surface area contributed by atoms with Gasteiger partial charge in [0.2, 0.25) is 5.89 Å². The number of rotatable bonds is 3. The summed E-state index contributed by atoms with van der Waals surface area (Å²) in [6.07, 6.45) is 0. The lowest BCUT2D eigenvalue weighted by molar-refractivity contribution is 0.102. The molecule has 0 aliphatic carbocycles. The van der Waals surface area contributed by atoms with Gasteiger partial charge >= 0.3 is 5.63 Å². The van der Waals surface area contributed by atoms with E-state index in [1.807, 2.05) is 24.3 Å². The van der Waals surface area contributed by atoms with Crippen molar-refractivity contribution in [2.75, 3.05) is 5.32 Å². The summed E-state index contributed by atoms with van der Waals surface area (Å²) in [5.41, 5.74) is 2.07. The van der Waals surface area contributed by atoms with Gasteiger partial charge < -0.3 is 9.73 Å². The predicted molar refractivity (Wildman–Crippen MR) is 110 cm³/mol. The number of para-hydroxylation sites is 3. The molecule has 1 amide bonds. The van der Waals surface area contributed by atoms with Crippen LogP contribution in [-0.4, -0.2) is 21.1 Å². The van der Waals surface area contributed by atoms with Gasteiger partial charge in [-0.25, -0.2) is 9.78 Å². The van der Waals surface area contributed by atoms with Gasteiger partial charge in [-0.1, -0.05) is 42.5 Å². The van der Waals surface area contributed by atoms with Crippen molar-refractivity contribution >= 4 is 33.4 Å². The summed E-state index contributed by atoms with van der Waals surface area (Å²) in [6, 6.07) is 21.4. The standard InChI is InChI=1S/C22H14N4O3/c27-20(19-13-7-1-6-12-18(13)25-26-19)23-16-10-4-2-8-14(16)21-24-17-11-5-3-9-15(17)22(28)29-21/h1-12H,(H,23,27)(H,25,26). The summed E-state index contributed by atoms with van der Waals surface area (Å²) < 4.78 is 5.42. The van der Waals surface area contributed by atoms with Crippen LogP contribution in [0.25, 0.3) is 33.3 Å². The zero-order chi connectivity index (χ0) is 19.8. The number of amides is 1. The third-order valence-corrected chi connectivity index (χ3v) is 4.63. The first-order chi connectivity index (χ1) is 14.2. The molecule has 3 aromatic carbocycles. The van der Waals surface area contributed by atoms with E-state index in [0.717, 1.165) is 10.9 Å². The predicted octanol–water partition coefficient (Wildman–Crippen LogP) is 3.98. The summed E-state index contributed by atoms with van der Waals surface area (Å²) in [5, 5.41) is 10.9. The number of nitrogens with zero attached hydrogens (tertiary/aromatic N) is 2. The second-order valence-electron chi connectivity index (χ2n) is 6.44. The van der Waals surface area contributed by atoms with Crippen LogP contribution in [0.5, 0.6) is 0 Å². The monoisotopic (exact) mass is 382 g/mol. The lowest BCUT2D eigenvalue weighted by Gasteiger charge is -2.09. The number of carbonyl (C=O) groups excluding carboxylic acids is 1. The van der Waals surface area contributed by atoms with Crippen molar-refractivity contribution in [1.29, 1.82) is 0 Å². The van der Waals surface area contributed by atoms with Gasteiger partial charge in [-0.2, -0.15) is 5.10 Å².